The summed E-state index contributed by atoms with van der Waals surface area (Å²) < 4.78 is 5.52. The monoisotopic (exact) mass is 251 g/mol. The molecule has 0 aromatic heterocycles. The lowest BCUT2D eigenvalue weighted by molar-refractivity contribution is -0.121. The summed E-state index contributed by atoms with van der Waals surface area (Å²) in [5.74, 6) is 2.94. The molecule has 3 nitrogen and oxygen atoms in total. The zero-order chi connectivity index (χ0) is 12.1. The number of carbonyl (C=O) groups is 1. The van der Waals surface area contributed by atoms with Crippen molar-refractivity contribution in [1.29, 1.82) is 0 Å². The van der Waals surface area contributed by atoms with Crippen LogP contribution in [0.5, 0.6) is 5.75 Å². The Kier molecular flexibility index (Phi) is 4.31. The number of hydrogen-bond donors (Lipinski definition) is 1. The van der Waals surface area contributed by atoms with Crippen LogP contribution in [0.1, 0.15) is 24.9 Å². The van der Waals surface area contributed by atoms with Gasteiger partial charge in [0.05, 0.1) is 6.04 Å². The standard InChI is InChI=1S/C13H17NO2S/c1-2-17-8-7-13(15)14-11-9-16-12-6-4-3-5-10(11)12/h3-6,11H,2,7-9H2,1H3,(H,14,15)/t11-/m1/s1. The minimum Gasteiger partial charge on any atom is -0.491 e. The summed E-state index contributed by atoms with van der Waals surface area (Å²) >= 11 is 1.79. The first-order chi connectivity index (χ1) is 8.31. The molecule has 17 heavy (non-hydrogen) atoms. The predicted molar refractivity (Wildman–Crippen MR) is 70.4 cm³/mol. The normalized spacial score (nSPS) is 17.4. The highest BCUT2D eigenvalue weighted by Gasteiger charge is 2.24. The molecule has 0 saturated carbocycles. The van der Waals surface area contributed by atoms with Gasteiger partial charge >= 0.3 is 0 Å². The molecule has 0 aliphatic carbocycles. The van der Waals surface area contributed by atoms with Crippen molar-refractivity contribution in [2.24, 2.45) is 0 Å². The van der Waals surface area contributed by atoms with Gasteiger partial charge in [-0.1, -0.05) is 25.1 Å². The van der Waals surface area contributed by atoms with Gasteiger partial charge in [-0.15, -0.1) is 0 Å². The lowest BCUT2D eigenvalue weighted by Crippen LogP contribution is -2.29. The van der Waals surface area contributed by atoms with Crippen molar-refractivity contribution in [3.63, 3.8) is 0 Å². The molecule has 0 bridgehead atoms. The first kappa shape index (κ1) is 12.3. The summed E-state index contributed by atoms with van der Waals surface area (Å²) in [6, 6.07) is 7.88. The van der Waals surface area contributed by atoms with Crippen molar-refractivity contribution in [3.05, 3.63) is 29.8 Å². The molecule has 0 radical (unpaired) electrons. The first-order valence-electron chi connectivity index (χ1n) is 5.90. The molecule has 2 rings (SSSR count). The Morgan fingerprint density at radius 2 is 2.35 bits per heavy atom. The minimum absolute atomic E-state index is 0.0188. The number of nitrogens with one attached hydrogen (secondary N) is 1. The lowest BCUT2D eigenvalue weighted by Gasteiger charge is -2.11. The maximum atomic E-state index is 11.7. The number of amides is 1. The second-order valence-corrected chi connectivity index (χ2v) is 5.31. The Morgan fingerprint density at radius 1 is 1.53 bits per heavy atom. The van der Waals surface area contributed by atoms with E-state index in [0.29, 0.717) is 13.0 Å². The summed E-state index contributed by atoms with van der Waals surface area (Å²) in [4.78, 5) is 11.7. The van der Waals surface area contributed by atoms with E-state index >= 15 is 0 Å². The largest absolute Gasteiger partial charge is 0.491 e. The van der Waals surface area contributed by atoms with Gasteiger partial charge in [-0.2, -0.15) is 11.8 Å². The molecule has 1 heterocycles. The number of benzene rings is 1. The number of rotatable bonds is 5. The lowest BCUT2D eigenvalue weighted by atomic mass is 10.1. The van der Waals surface area contributed by atoms with Crippen LogP contribution < -0.4 is 10.1 Å². The molecule has 0 unspecified atom stereocenters. The third-order valence-electron chi connectivity index (χ3n) is 2.71. The van der Waals surface area contributed by atoms with Gasteiger partial charge in [-0.25, -0.2) is 0 Å². The Hall–Kier alpha value is -1.16. The van der Waals surface area contributed by atoms with Crippen LogP contribution in [0, 0.1) is 0 Å². The van der Waals surface area contributed by atoms with E-state index in [-0.39, 0.29) is 11.9 Å². The minimum atomic E-state index is 0.0188. The highest BCUT2D eigenvalue weighted by Crippen LogP contribution is 2.31. The molecule has 1 aliphatic rings. The van der Waals surface area contributed by atoms with Crippen LogP contribution in [-0.4, -0.2) is 24.0 Å². The number of carbonyl (C=O) groups excluding carboxylic acids is 1. The highest BCUT2D eigenvalue weighted by molar-refractivity contribution is 7.99. The Labute approximate surface area is 106 Å². The van der Waals surface area contributed by atoms with Gasteiger partial charge in [0, 0.05) is 17.7 Å². The number of hydrogen-bond acceptors (Lipinski definition) is 3. The summed E-state index contributed by atoms with van der Waals surface area (Å²) in [6.07, 6.45) is 0.581. The van der Waals surface area contributed by atoms with Crippen LogP contribution >= 0.6 is 11.8 Å². The third-order valence-corrected chi connectivity index (χ3v) is 3.61. The molecule has 0 spiro atoms. The smallest absolute Gasteiger partial charge is 0.221 e. The average molecular weight is 251 g/mol. The second-order valence-electron chi connectivity index (χ2n) is 3.92. The number of thioether (sulfide) groups is 1. The molecule has 1 N–H and O–H groups in total. The molecular formula is C13H17NO2S. The zero-order valence-electron chi connectivity index (χ0n) is 9.94. The molecule has 1 atom stereocenters. The van der Waals surface area contributed by atoms with E-state index in [2.05, 4.69) is 12.2 Å². The summed E-state index contributed by atoms with van der Waals surface area (Å²) in [5, 5.41) is 3.02. The van der Waals surface area contributed by atoms with Gasteiger partial charge in [-0.3, -0.25) is 4.79 Å². The van der Waals surface area contributed by atoms with E-state index in [1.54, 1.807) is 11.8 Å². The Morgan fingerprint density at radius 3 is 3.18 bits per heavy atom. The maximum Gasteiger partial charge on any atom is 0.221 e. The van der Waals surface area contributed by atoms with Crippen LogP contribution in [0.3, 0.4) is 0 Å². The number of fused-ring (bicyclic) bond motifs is 1. The summed E-state index contributed by atoms with van der Waals surface area (Å²) in [5.41, 5.74) is 1.09. The van der Waals surface area contributed by atoms with Gasteiger partial charge in [0.1, 0.15) is 12.4 Å². The van der Waals surface area contributed by atoms with Gasteiger partial charge in [0.2, 0.25) is 5.91 Å². The Balaban J connectivity index is 1.87. The fourth-order valence-corrected chi connectivity index (χ4v) is 2.48. The van der Waals surface area contributed by atoms with E-state index in [4.69, 9.17) is 4.74 Å². The molecular weight excluding hydrogens is 234 g/mol. The molecule has 1 aromatic carbocycles. The van der Waals surface area contributed by atoms with Crippen molar-refractivity contribution in [2.75, 3.05) is 18.1 Å². The van der Waals surface area contributed by atoms with Crippen molar-refractivity contribution >= 4 is 17.7 Å². The van der Waals surface area contributed by atoms with E-state index in [9.17, 15) is 4.79 Å². The predicted octanol–water partition coefficient (Wildman–Crippen LogP) is 2.38. The molecule has 1 aromatic rings. The molecule has 1 amide bonds. The molecule has 0 fully saturated rings. The maximum absolute atomic E-state index is 11.7. The van der Waals surface area contributed by atoms with Crippen LogP contribution in [0.15, 0.2) is 24.3 Å². The van der Waals surface area contributed by atoms with E-state index in [1.807, 2.05) is 24.3 Å². The van der Waals surface area contributed by atoms with Crippen molar-refractivity contribution in [3.8, 4) is 5.75 Å². The van der Waals surface area contributed by atoms with E-state index in [0.717, 1.165) is 22.8 Å². The van der Waals surface area contributed by atoms with Gasteiger partial charge < -0.3 is 10.1 Å². The van der Waals surface area contributed by atoms with E-state index < -0.39 is 0 Å². The molecule has 4 heteroatoms. The van der Waals surface area contributed by atoms with Crippen molar-refractivity contribution < 1.29 is 9.53 Å². The highest BCUT2D eigenvalue weighted by atomic mass is 32.2. The quantitative estimate of drug-likeness (QED) is 0.817. The van der Waals surface area contributed by atoms with Crippen LogP contribution in [-0.2, 0) is 4.79 Å². The number of para-hydroxylation sites is 1. The molecule has 92 valence electrons. The average Bonchev–Trinajstić information content (AvgIpc) is 2.73. The SMILES string of the molecule is CCSCCC(=O)N[C@@H]1COc2ccccc21. The first-order valence-corrected chi connectivity index (χ1v) is 7.05. The summed E-state index contributed by atoms with van der Waals surface area (Å²) in [6.45, 7) is 2.65. The molecule has 0 saturated heterocycles. The van der Waals surface area contributed by atoms with Crippen LogP contribution in [0.2, 0.25) is 0 Å². The van der Waals surface area contributed by atoms with Gasteiger partial charge in [-0.05, 0) is 11.8 Å². The van der Waals surface area contributed by atoms with Crippen LogP contribution in [0.25, 0.3) is 0 Å². The Bertz CT molecular complexity index is 395. The van der Waals surface area contributed by atoms with Crippen molar-refractivity contribution in [1.82, 2.24) is 5.32 Å². The second kappa shape index (κ2) is 5.96. The third kappa shape index (κ3) is 3.16. The molecule has 1 aliphatic heterocycles. The fraction of sp³-hybridized carbons (Fsp3) is 0.462. The number of ether oxygens (including phenoxy) is 1. The topological polar surface area (TPSA) is 38.3 Å². The van der Waals surface area contributed by atoms with E-state index in [1.165, 1.54) is 0 Å². The van der Waals surface area contributed by atoms with Gasteiger partial charge in [0.15, 0.2) is 0 Å². The van der Waals surface area contributed by atoms with Gasteiger partial charge in [0.25, 0.3) is 0 Å². The summed E-state index contributed by atoms with van der Waals surface area (Å²) in [7, 11) is 0. The fourth-order valence-electron chi connectivity index (χ4n) is 1.86. The van der Waals surface area contributed by atoms with Crippen molar-refractivity contribution in [2.45, 2.75) is 19.4 Å². The van der Waals surface area contributed by atoms with Crippen LogP contribution in [0.4, 0.5) is 0 Å². The zero-order valence-corrected chi connectivity index (χ0v) is 10.8.